The molecule has 2 aliphatic heterocycles. The highest BCUT2D eigenvalue weighted by Gasteiger charge is 2.47. The van der Waals surface area contributed by atoms with E-state index in [4.69, 9.17) is 18.7 Å². The molecule has 0 aliphatic carbocycles. The molecule has 1 aromatic carbocycles. The molecule has 4 rings (SSSR count). The van der Waals surface area contributed by atoms with Crippen LogP contribution in [0, 0.1) is 0 Å². The number of ether oxygens (including phenoxy) is 3. The van der Waals surface area contributed by atoms with Gasteiger partial charge in [0.05, 0.1) is 24.9 Å². The van der Waals surface area contributed by atoms with Crippen molar-refractivity contribution in [1.29, 1.82) is 0 Å². The molecular weight excluding hydrogens is 519 g/mol. The number of aliphatic hydroxyl groups is 1. The highest BCUT2D eigenvalue weighted by Crippen LogP contribution is 2.44. The first-order valence-corrected chi connectivity index (χ1v) is 12.8. The van der Waals surface area contributed by atoms with E-state index in [0.29, 0.717) is 32.1 Å². The van der Waals surface area contributed by atoms with Crippen LogP contribution in [0.15, 0.2) is 35.0 Å². The van der Waals surface area contributed by atoms with Gasteiger partial charge in [-0.15, -0.1) is 0 Å². The second kappa shape index (κ2) is 11.7. The number of rotatable bonds is 8. The summed E-state index contributed by atoms with van der Waals surface area (Å²) in [5.74, 6) is -0.0865. The standard InChI is InChI=1S/C27H34F3N3O6/c1-17(2)38-25(35)20-15-33(16-26(3,4)23-21(20)22(31-39-23)27(28,29)30)24(34)18-6-5-7-19(14-18)37-13-10-32-8-11-36-12-9-32/h5-7,14-15,17,25,35H,8-13,16H2,1-4H3. The topological polar surface area (TPSA) is 97.5 Å². The Morgan fingerprint density at radius 2 is 1.95 bits per heavy atom. The van der Waals surface area contributed by atoms with Crippen LogP contribution in [0.25, 0.3) is 5.57 Å². The van der Waals surface area contributed by atoms with E-state index in [2.05, 4.69) is 10.1 Å². The number of morpholine rings is 1. The lowest BCUT2D eigenvalue weighted by molar-refractivity contribution is -0.143. The molecule has 12 heteroatoms. The summed E-state index contributed by atoms with van der Waals surface area (Å²) in [6.45, 7) is 10.7. The predicted molar refractivity (Wildman–Crippen MR) is 135 cm³/mol. The fourth-order valence-corrected chi connectivity index (χ4v) is 4.64. The van der Waals surface area contributed by atoms with Crippen LogP contribution >= 0.6 is 0 Å². The Morgan fingerprint density at radius 1 is 1.23 bits per heavy atom. The number of nitrogens with zero attached hydrogens (tertiary/aromatic N) is 3. The molecular formula is C27H34F3N3O6. The lowest BCUT2D eigenvalue weighted by atomic mass is 9.85. The van der Waals surface area contributed by atoms with Crippen molar-refractivity contribution in [1.82, 2.24) is 15.0 Å². The Hall–Kier alpha value is -2.93. The third kappa shape index (κ3) is 6.81. The van der Waals surface area contributed by atoms with Crippen molar-refractivity contribution in [2.24, 2.45) is 0 Å². The Balaban J connectivity index is 1.63. The van der Waals surface area contributed by atoms with E-state index in [1.54, 1.807) is 52.0 Å². The van der Waals surface area contributed by atoms with Crippen LogP contribution in [0.4, 0.5) is 13.2 Å². The number of benzene rings is 1. The summed E-state index contributed by atoms with van der Waals surface area (Å²) in [5, 5.41) is 14.1. The Labute approximate surface area is 225 Å². The number of alkyl halides is 3. The van der Waals surface area contributed by atoms with Gasteiger partial charge in [-0.3, -0.25) is 9.69 Å². The maximum atomic E-state index is 13.9. The zero-order chi connectivity index (χ0) is 28.4. The first-order chi connectivity index (χ1) is 18.4. The van der Waals surface area contributed by atoms with E-state index >= 15 is 0 Å². The van der Waals surface area contributed by atoms with Gasteiger partial charge in [-0.25, -0.2) is 0 Å². The number of carbonyl (C=O) groups is 1. The lowest BCUT2D eigenvalue weighted by Gasteiger charge is -2.27. The van der Waals surface area contributed by atoms with Crippen LogP contribution in [0.2, 0.25) is 0 Å². The molecule has 1 N–H and O–H groups in total. The summed E-state index contributed by atoms with van der Waals surface area (Å²) in [4.78, 5) is 17.2. The highest BCUT2D eigenvalue weighted by atomic mass is 19.4. The summed E-state index contributed by atoms with van der Waals surface area (Å²) in [6, 6.07) is 6.61. The second-order valence-corrected chi connectivity index (χ2v) is 10.5. The van der Waals surface area contributed by atoms with Gasteiger partial charge >= 0.3 is 6.18 Å². The van der Waals surface area contributed by atoms with Gasteiger partial charge in [0, 0.05) is 48.9 Å². The van der Waals surface area contributed by atoms with E-state index in [1.807, 2.05) is 0 Å². The summed E-state index contributed by atoms with van der Waals surface area (Å²) < 4.78 is 63.6. The van der Waals surface area contributed by atoms with Crippen LogP contribution in [-0.2, 0) is 21.1 Å². The normalized spacial score (nSPS) is 18.9. The van der Waals surface area contributed by atoms with Crippen molar-refractivity contribution in [3.8, 4) is 5.75 Å². The Kier molecular flexibility index (Phi) is 8.69. The number of fused-ring (bicyclic) bond motifs is 1. The van der Waals surface area contributed by atoms with Crippen molar-refractivity contribution < 1.29 is 41.8 Å². The number of carbonyl (C=O) groups excluding carboxylic acids is 1. The largest absolute Gasteiger partial charge is 0.492 e. The minimum absolute atomic E-state index is 0.0364. The molecule has 2 aromatic rings. The van der Waals surface area contributed by atoms with Crippen LogP contribution in [0.5, 0.6) is 5.75 Å². The average molecular weight is 554 g/mol. The van der Waals surface area contributed by atoms with Crippen LogP contribution in [0.3, 0.4) is 0 Å². The van der Waals surface area contributed by atoms with E-state index in [0.717, 1.165) is 13.1 Å². The van der Waals surface area contributed by atoms with E-state index in [-0.39, 0.29) is 23.4 Å². The summed E-state index contributed by atoms with van der Waals surface area (Å²) in [7, 11) is 0. The molecule has 1 fully saturated rings. The SMILES string of the molecule is CC(C)OC(O)C1=CN(C(=O)c2cccc(OCCN3CCOCC3)c2)CC(C)(C)c2onc(C(F)(F)F)c21. The summed E-state index contributed by atoms with van der Waals surface area (Å²) in [6.07, 6.45) is -5.93. The van der Waals surface area contributed by atoms with Crippen LogP contribution in [-0.4, -0.2) is 84.4 Å². The molecule has 0 saturated carbocycles. The Morgan fingerprint density at radius 3 is 2.62 bits per heavy atom. The van der Waals surface area contributed by atoms with Crippen LogP contribution < -0.4 is 4.74 Å². The lowest BCUT2D eigenvalue weighted by Crippen LogP contribution is -2.38. The van der Waals surface area contributed by atoms with Gasteiger partial charge in [0.15, 0.2) is 17.7 Å². The molecule has 1 saturated heterocycles. The molecule has 1 atom stereocenters. The number of hydrogen-bond acceptors (Lipinski definition) is 8. The van der Waals surface area contributed by atoms with Gasteiger partial charge in [-0.1, -0.05) is 25.1 Å². The average Bonchev–Trinajstić information content (AvgIpc) is 3.29. The minimum atomic E-state index is -4.85. The Bertz CT molecular complexity index is 1190. The third-order valence-electron chi connectivity index (χ3n) is 6.51. The van der Waals surface area contributed by atoms with Crippen molar-refractivity contribution in [2.45, 2.75) is 51.7 Å². The number of aliphatic hydroxyl groups excluding tert-OH is 1. The zero-order valence-corrected chi connectivity index (χ0v) is 22.5. The first kappa shape index (κ1) is 29.1. The fourth-order valence-electron chi connectivity index (χ4n) is 4.64. The van der Waals surface area contributed by atoms with Crippen molar-refractivity contribution in [3.05, 3.63) is 53.0 Å². The van der Waals surface area contributed by atoms with Gasteiger partial charge in [0.2, 0.25) is 0 Å². The molecule has 39 heavy (non-hydrogen) atoms. The monoisotopic (exact) mass is 553 g/mol. The number of halogens is 3. The smallest absolute Gasteiger partial charge is 0.437 e. The quantitative estimate of drug-likeness (QED) is 0.492. The summed E-state index contributed by atoms with van der Waals surface area (Å²) >= 11 is 0. The molecule has 0 spiro atoms. The van der Waals surface area contributed by atoms with Gasteiger partial charge in [-0.2, -0.15) is 13.2 Å². The maximum Gasteiger partial charge on any atom is 0.437 e. The molecule has 214 valence electrons. The van der Waals surface area contributed by atoms with Crippen molar-refractivity contribution in [3.63, 3.8) is 0 Å². The predicted octanol–water partition coefficient (Wildman–Crippen LogP) is 3.92. The van der Waals surface area contributed by atoms with E-state index < -0.39 is 41.1 Å². The molecule has 1 aromatic heterocycles. The highest BCUT2D eigenvalue weighted by molar-refractivity contribution is 5.96. The van der Waals surface area contributed by atoms with Gasteiger partial charge < -0.3 is 28.7 Å². The number of hydrogen-bond donors (Lipinski definition) is 1. The maximum absolute atomic E-state index is 13.9. The van der Waals surface area contributed by atoms with Gasteiger partial charge in [-0.05, 0) is 32.0 Å². The molecule has 3 heterocycles. The third-order valence-corrected chi connectivity index (χ3v) is 6.51. The first-order valence-electron chi connectivity index (χ1n) is 12.8. The fraction of sp³-hybridized carbons (Fsp3) is 0.556. The molecule has 0 radical (unpaired) electrons. The summed E-state index contributed by atoms with van der Waals surface area (Å²) in [5.41, 5.74) is -2.77. The van der Waals surface area contributed by atoms with Gasteiger partial charge in [0.1, 0.15) is 12.4 Å². The van der Waals surface area contributed by atoms with Gasteiger partial charge in [0.25, 0.3) is 5.91 Å². The van der Waals surface area contributed by atoms with Crippen molar-refractivity contribution >= 4 is 11.5 Å². The van der Waals surface area contributed by atoms with E-state index in [9.17, 15) is 23.1 Å². The number of amides is 1. The van der Waals surface area contributed by atoms with Crippen molar-refractivity contribution in [2.75, 3.05) is 46.0 Å². The zero-order valence-electron chi connectivity index (χ0n) is 22.5. The molecule has 1 unspecified atom stereocenters. The molecule has 0 bridgehead atoms. The second-order valence-electron chi connectivity index (χ2n) is 10.5. The minimum Gasteiger partial charge on any atom is -0.492 e. The number of aromatic nitrogens is 1. The molecule has 2 aliphatic rings. The molecule has 9 nitrogen and oxygen atoms in total. The molecule has 1 amide bonds. The van der Waals surface area contributed by atoms with Crippen LogP contribution in [0.1, 0.15) is 55.1 Å². The van der Waals surface area contributed by atoms with E-state index in [1.165, 1.54) is 11.1 Å².